The lowest BCUT2D eigenvalue weighted by Gasteiger charge is -2.52. The van der Waals surface area contributed by atoms with Gasteiger partial charge in [0.05, 0.1) is 11.3 Å². The van der Waals surface area contributed by atoms with Gasteiger partial charge in [0.2, 0.25) is 0 Å². The fourth-order valence-electron chi connectivity index (χ4n) is 3.87. The zero-order valence-electron chi connectivity index (χ0n) is 13.0. The van der Waals surface area contributed by atoms with Crippen molar-refractivity contribution < 1.29 is 13.6 Å². The van der Waals surface area contributed by atoms with Gasteiger partial charge in [-0.1, -0.05) is 12.8 Å². The standard InChI is InChI=1S/C17H22F2N2O/c1-17(2)10-21(13-6-4-3-5-12(13)20-17)14-8-7-11(9-22)15(18)16(14)19/h7-9,12-13,20H,3-6,10H2,1-2H3/t12-,13+/m1/s1. The van der Waals surface area contributed by atoms with Gasteiger partial charge >= 0.3 is 0 Å². The molecule has 2 aliphatic rings. The molecule has 0 unspecified atom stereocenters. The summed E-state index contributed by atoms with van der Waals surface area (Å²) in [5, 5.41) is 3.64. The van der Waals surface area contributed by atoms with Crippen molar-refractivity contribution in [2.75, 3.05) is 11.4 Å². The van der Waals surface area contributed by atoms with E-state index in [0.717, 1.165) is 19.3 Å². The molecule has 120 valence electrons. The average Bonchev–Trinajstić information content (AvgIpc) is 2.48. The molecule has 0 aromatic heterocycles. The second-order valence-electron chi connectivity index (χ2n) is 7.03. The van der Waals surface area contributed by atoms with Crippen LogP contribution in [0.15, 0.2) is 12.1 Å². The summed E-state index contributed by atoms with van der Waals surface area (Å²) in [6.07, 6.45) is 4.66. The Morgan fingerprint density at radius 1 is 1.23 bits per heavy atom. The van der Waals surface area contributed by atoms with E-state index in [-0.39, 0.29) is 22.8 Å². The maximum atomic E-state index is 14.4. The first-order valence-electron chi connectivity index (χ1n) is 7.90. The van der Waals surface area contributed by atoms with Gasteiger partial charge in [0.25, 0.3) is 0 Å². The van der Waals surface area contributed by atoms with Gasteiger partial charge in [-0.3, -0.25) is 4.79 Å². The molecule has 2 fully saturated rings. The summed E-state index contributed by atoms with van der Waals surface area (Å²) in [5.41, 5.74) is -0.115. The molecule has 1 saturated carbocycles. The highest BCUT2D eigenvalue weighted by Gasteiger charge is 2.41. The van der Waals surface area contributed by atoms with Crippen LogP contribution in [0.3, 0.4) is 0 Å². The Morgan fingerprint density at radius 3 is 2.68 bits per heavy atom. The summed E-state index contributed by atoms with van der Waals surface area (Å²) in [6.45, 7) is 4.78. The van der Waals surface area contributed by atoms with E-state index in [0.29, 0.717) is 18.9 Å². The molecule has 1 aromatic carbocycles. The summed E-state index contributed by atoms with van der Waals surface area (Å²) >= 11 is 0. The molecule has 0 radical (unpaired) electrons. The van der Waals surface area contributed by atoms with E-state index >= 15 is 0 Å². The minimum Gasteiger partial charge on any atom is -0.363 e. The molecule has 1 aliphatic carbocycles. The molecule has 1 saturated heterocycles. The van der Waals surface area contributed by atoms with Gasteiger partial charge in [-0.05, 0) is 38.8 Å². The number of nitrogens with one attached hydrogen (secondary N) is 1. The lowest BCUT2D eigenvalue weighted by atomic mass is 9.83. The highest BCUT2D eigenvalue weighted by atomic mass is 19.2. The zero-order valence-corrected chi connectivity index (χ0v) is 13.0. The molecular formula is C17H22F2N2O. The van der Waals surface area contributed by atoms with E-state index in [2.05, 4.69) is 19.2 Å². The topological polar surface area (TPSA) is 32.3 Å². The monoisotopic (exact) mass is 308 g/mol. The Bertz CT molecular complexity index is 588. The van der Waals surface area contributed by atoms with Crippen molar-refractivity contribution in [2.45, 2.75) is 57.2 Å². The van der Waals surface area contributed by atoms with E-state index in [1.165, 1.54) is 18.6 Å². The van der Waals surface area contributed by atoms with Crippen LogP contribution in [-0.4, -0.2) is 30.5 Å². The predicted molar refractivity (Wildman–Crippen MR) is 82.4 cm³/mol. The van der Waals surface area contributed by atoms with E-state index < -0.39 is 11.6 Å². The molecular weight excluding hydrogens is 286 g/mol. The minimum atomic E-state index is -1.05. The highest BCUT2D eigenvalue weighted by molar-refractivity contribution is 5.76. The fourth-order valence-corrected chi connectivity index (χ4v) is 3.87. The van der Waals surface area contributed by atoms with E-state index in [1.807, 2.05) is 4.90 Å². The van der Waals surface area contributed by atoms with Crippen LogP contribution in [0.1, 0.15) is 49.9 Å². The number of hydrogen-bond acceptors (Lipinski definition) is 3. The zero-order chi connectivity index (χ0) is 15.9. The van der Waals surface area contributed by atoms with Crippen LogP contribution in [0.5, 0.6) is 0 Å². The number of nitrogens with zero attached hydrogens (tertiary/aromatic N) is 1. The molecule has 3 nitrogen and oxygen atoms in total. The van der Waals surface area contributed by atoms with Crippen molar-refractivity contribution in [3.63, 3.8) is 0 Å². The molecule has 0 amide bonds. The summed E-state index contributed by atoms with van der Waals surface area (Å²) in [7, 11) is 0. The van der Waals surface area contributed by atoms with Crippen molar-refractivity contribution in [3.05, 3.63) is 29.3 Å². The molecule has 2 atom stereocenters. The molecule has 3 rings (SSSR count). The molecule has 1 N–H and O–H groups in total. The third-order valence-corrected chi connectivity index (χ3v) is 4.80. The van der Waals surface area contributed by atoms with Crippen molar-refractivity contribution in [3.8, 4) is 0 Å². The smallest absolute Gasteiger partial charge is 0.182 e. The molecule has 0 spiro atoms. The molecule has 5 heteroatoms. The average molecular weight is 308 g/mol. The van der Waals surface area contributed by atoms with Gasteiger partial charge in [-0.15, -0.1) is 0 Å². The van der Waals surface area contributed by atoms with Crippen LogP contribution in [0, 0.1) is 11.6 Å². The van der Waals surface area contributed by atoms with Gasteiger partial charge in [-0.2, -0.15) is 0 Å². The SMILES string of the molecule is CC1(C)CN(c2ccc(C=O)c(F)c2F)[C@H]2CCCC[C@H]2N1. The number of piperazine rings is 1. The van der Waals surface area contributed by atoms with Crippen molar-refractivity contribution in [2.24, 2.45) is 0 Å². The summed E-state index contributed by atoms with van der Waals surface area (Å²) in [6, 6.07) is 3.38. The van der Waals surface area contributed by atoms with Crippen LogP contribution in [0.2, 0.25) is 0 Å². The van der Waals surface area contributed by atoms with Crippen LogP contribution in [0.4, 0.5) is 14.5 Å². The normalized spacial score (nSPS) is 27.4. The molecule has 1 heterocycles. The number of anilines is 1. The molecule has 1 aromatic rings. The first kappa shape index (κ1) is 15.4. The van der Waals surface area contributed by atoms with Gasteiger partial charge in [0.15, 0.2) is 17.9 Å². The predicted octanol–water partition coefficient (Wildman–Crippen LogP) is 3.28. The van der Waals surface area contributed by atoms with Crippen molar-refractivity contribution >= 4 is 12.0 Å². The lowest BCUT2D eigenvalue weighted by Crippen LogP contribution is -2.67. The van der Waals surface area contributed by atoms with Gasteiger partial charge < -0.3 is 10.2 Å². The van der Waals surface area contributed by atoms with Gasteiger partial charge in [0, 0.05) is 24.2 Å². The number of halogens is 2. The lowest BCUT2D eigenvalue weighted by molar-refractivity contribution is 0.111. The Labute approximate surface area is 129 Å². The van der Waals surface area contributed by atoms with E-state index in [1.54, 1.807) is 0 Å². The summed E-state index contributed by atoms with van der Waals surface area (Å²) in [5.74, 6) is -1.96. The first-order valence-corrected chi connectivity index (χ1v) is 7.90. The number of hydrogen-bond donors (Lipinski definition) is 1. The van der Waals surface area contributed by atoms with Gasteiger partial charge in [0.1, 0.15) is 0 Å². The summed E-state index contributed by atoms with van der Waals surface area (Å²) < 4.78 is 28.4. The first-order chi connectivity index (χ1) is 10.4. The number of carbonyl (C=O) groups excluding carboxylic acids is 1. The second-order valence-corrected chi connectivity index (χ2v) is 7.03. The highest BCUT2D eigenvalue weighted by Crippen LogP contribution is 2.35. The number of aldehydes is 1. The number of carbonyl (C=O) groups is 1. The van der Waals surface area contributed by atoms with Gasteiger partial charge in [-0.25, -0.2) is 8.78 Å². The number of rotatable bonds is 2. The summed E-state index contributed by atoms with van der Waals surface area (Å²) in [4.78, 5) is 12.8. The third-order valence-electron chi connectivity index (χ3n) is 4.80. The van der Waals surface area contributed by atoms with Crippen LogP contribution < -0.4 is 10.2 Å². The molecule has 22 heavy (non-hydrogen) atoms. The molecule has 1 aliphatic heterocycles. The quantitative estimate of drug-likeness (QED) is 0.851. The fraction of sp³-hybridized carbons (Fsp3) is 0.588. The second kappa shape index (κ2) is 5.61. The number of benzene rings is 1. The minimum absolute atomic E-state index is 0.162. The van der Waals surface area contributed by atoms with Crippen molar-refractivity contribution in [1.29, 1.82) is 0 Å². The number of fused-ring (bicyclic) bond motifs is 1. The van der Waals surface area contributed by atoms with E-state index in [9.17, 15) is 13.6 Å². The largest absolute Gasteiger partial charge is 0.363 e. The Hall–Kier alpha value is -1.49. The van der Waals surface area contributed by atoms with E-state index in [4.69, 9.17) is 0 Å². The maximum Gasteiger partial charge on any atom is 0.182 e. The van der Waals surface area contributed by atoms with Crippen LogP contribution in [0.25, 0.3) is 0 Å². The van der Waals surface area contributed by atoms with Crippen molar-refractivity contribution in [1.82, 2.24) is 5.32 Å². The van der Waals surface area contributed by atoms with Crippen LogP contribution >= 0.6 is 0 Å². The Kier molecular flexibility index (Phi) is 3.93. The van der Waals surface area contributed by atoms with Crippen LogP contribution in [-0.2, 0) is 0 Å². The Balaban J connectivity index is 2.01. The maximum absolute atomic E-state index is 14.4. The third kappa shape index (κ3) is 2.62. The Morgan fingerprint density at radius 2 is 1.95 bits per heavy atom. The molecule has 0 bridgehead atoms.